The molecular weight excluding hydrogens is 252 g/mol. The molecule has 0 bridgehead atoms. The van der Waals surface area contributed by atoms with E-state index in [9.17, 15) is 0 Å². The van der Waals surface area contributed by atoms with Crippen LogP contribution in [0.25, 0.3) is 43.4 Å². The molecule has 0 heteroatoms. The van der Waals surface area contributed by atoms with Gasteiger partial charge in [-0.3, -0.25) is 0 Å². The molecule has 0 saturated heterocycles. The summed E-state index contributed by atoms with van der Waals surface area (Å²) in [5, 5.41) is 8.27. The summed E-state index contributed by atoms with van der Waals surface area (Å²) >= 11 is 0. The molecule has 5 rings (SSSR count). The van der Waals surface area contributed by atoms with Crippen LogP contribution < -0.4 is 0 Å². The molecule has 21 heavy (non-hydrogen) atoms. The average Bonchev–Trinajstić information content (AvgIpc) is 2.72. The van der Waals surface area contributed by atoms with Crippen molar-refractivity contribution in [2.75, 3.05) is 0 Å². The molecule has 0 N–H and O–H groups in total. The number of rotatable bonds is 0. The van der Waals surface area contributed by atoms with E-state index in [2.05, 4.69) is 73.7 Å². The zero-order chi connectivity index (χ0) is 14.0. The molecule has 0 aliphatic heterocycles. The predicted molar refractivity (Wildman–Crippen MR) is 91.5 cm³/mol. The van der Waals surface area contributed by atoms with Crippen molar-refractivity contribution in [3.63, 3.8) is 0 Å². The summed E-state index contributed by atoms with van der Waals surface area (Å²) in [6.45, 7) is 2.21. The van der Waals surface area contributed by atoms with Crippen molar-refractivity contribution >= 4 is 32.3 Å². The van der Waals surface area contributed by atoms with Gasteiger partial charge in [0.05, 0.1) is 0 Å². The minimum absolute atomic E-state index is 1.34. The zero-order valence-electron chi connectivity index (χ0n) is 11.9. The number of benzene rings is 3. The normalized spacial score (nSPS) is 12.0. The van der Waals surface area contributed by atoms with E-state index < -0.39 is 0 Å². The van der Waals surface area contributed by atoms with Gasteiger partial charge in [0.15, 0.2) is 0 Å². The summed E-state index contributed by atoms with van der Waals surface area (Å²) in [7, 11) is 0. The first-order valence-electron chi connectivity index (χ1n) is 7.39. The monoisotopic (exact) mass is 266 g/mol. The maximum Gasteiger partial charge on any atom is -0.00142 e. The van der Waals surface area contributed by atoms with E-state index in [4.69, 9.17) is 0 Å². The van der Waals surface area contributed by atoms with Gasteiger partial charge < -0.3 is 0 Å². The van der Waals surface area contributed by atoms with Crippen LogP contribution in [0.4, 0.5) is 0 Å². The van der Waals surface area contributed by atoms with Crippen LogP contribution in [-0.2, 0) is 0 Å². The third-order valence-corrected chi connectivity index (χ3v) is 4.72. The highest BCUT2D eigenvalue weighted by Gasteiger charge is 2.18. The minimum atomic E-state index is 1.34. The number of fused-ring (bicyclic) bond motifs is 3. The highest BCUT2D eigenvalue weighted by atomic mass is 14.2. The Kier molecular flexibility index (Phi) is 1.97. The first-order valence-corrected chi connectivity index (χ1v) is 7.39. The van der Waals surface area contributed by atoms with Crippen LogP contribution in [0.15, 0.2) is 66.7 Å². The summed E-state index contributed by atoms with van der Waals surface area (Å²) in [5.74, 6) is 0. The second kappa shape index (κ2) is 3.73. The van der Waals surface area contributed by atoms with Crippen molar-refractivity contribution in [3.05, 3.63) is 72.3 Å². The van der Waals surface area contributed by atoms with Gasteiger partial charge in [-0.25, -0.2) is 0 Å². The van der Waals surface area contributed by atoms with Crippen molar-refractivity contribution in [2.45, 2.75) is 6.92 Å². The Morgan fingerprint density at radius 2 is 1.29 bits per heavy atom. The van der Waals surface area contributed by atoms with Gasteiger partial charge in [0.2, 0.25) is 0 Å². The van der Waals surface area contributed by atoms with Gasteiger partial charge in [0.25, 0.3) is 0 Å². The minimum Gasteiger partial charge on any atom is -0.0620 e. The second-order valence-corrected chi connectivity index (χ2v) is 5.87. The standard InChI is InChI=1S/C21H14/c1-13-5-2-3-8-16-17-11-9-14-6-4-7-15-10-12-18(19(13)16)21(17)20(14)15/h2-12H,1H3. The molecule has 0 unspecified atom stereocenters. The van der Waals surface area contributed by atoms with E-state index in [0.717, 1.165) is 0 Å². The molecule has 0 aromatic heterocycles. The van der Waals surface area contributed by atoms with E-state index in [1.807, 2.05) is 0 Å². The lowest BCUT2D eigenvalue weighted by atomic mass is 9.98. The molecule has 0 spiro atoms. The molecule has 0 nitrogen and oxygen atoms in total. The van der Waals surface area contributed by atoms with Gasteiger partial charge in [0.1, 0.15) is 0 Å². The molecule has 3 aromatic carbocycles. The Balaban J connectivity index is 2.22. The van der Waals surface area contributed by atoms with E-state index in [1.54, 1.807) is 0 Å². The Labute approximate surface area is 123 Å². The lowest BCUT2D eigenvalue weighted by Crippen LogP contribution is -1.78. The van der Waals surface area contributed by atoms with Crippen molar-refractivity contribution in [1.82, 2.24) is 0 Å². The van der Waals surface area contributed by atoms with Crippen LogP contribution in [0, 0.1) is 6.92 Å². The highest BCUT2D eigenvalue weighted by Crippen LogP contribution is 2.46. The van der Waals surface area contributed by atoms with Gasteiger partial charge in [-0.2, -0.15) is 0 Å². The van der Waals surface area contributed by atoms with Crippen LogP contribution in [-0.4, -0.2) is 0 Å². The Bertz CT molecular complexity index is 1070. The van der Waals surface area contributed by atoms with E-state index >= 15 is 0 Å². The van der Waals surface area contributed by atoms with Crippen LogP contribution in [0.1, 0.15) is 5.56 Å². The lowest BCUT2D eigenvalue weighted by Gasteiger charge is -2.05. The largest absolute Gasteiger partial charge is 0.0620 e. The smallest absolute Gasteiger partial charge is 0.00142 e. The van der Waals surface area contributed by atoms with Crippen molar-refractivity contribution in [2.24, 2.45) is 0 Å². The topological polar surface area (TPSA) is 0 Å². The molecule has 98 valence electrons. The van der Waals surface area contributed by atoms with Crippen LogP contribution >= 0.6 is 0 Å². The third-order valence-electron chi connectivity index (χ3n) is 4.72. The summed E-state index contributed by atoms with van der Waals surface area (Å²) in [6, 6.07) is 24.4. The molecule has 2 aliphatic carbocycles. The predicted octanol–water partition coefficient (Wildman–Crippen LogP) is 6.00. The second-order valence-electron chi connectivity index (χ2n) is 5.87. The van der Waals surface area contributed by atoms with E-state index in [0.29, 0.717) is 0 Å². The molecule has 2 aliphatic rings. The molecule has 0 radical (unpaired) electrons. The summed E-state index contributed by atoms with van der Waals surface area (Å²) in [4.78, 5) is 0. The number of hydrogen-bond donors (Lipinski definition) is 0. The van der Waals surface area contributed by atoms with E-state index in [-0.39, 0.29) is 0 Å². The van der Waals surface area contributed by atoms with Crippen molar-refractivity contribution < 1.29 is 0 Å². The van der Waals surface area contributed by atoms with Gasteiger partial charge in [0, 0.05) is 0 Å². The summed E-state index contributed by atoms with van der Waals surface area (Å²) in [5.41, 5.74) is 4.11. The maximum absolute atomic E-state index is 2.29. The van der Waals surface area contributed by atoms with Gasteiger partial charge in [-0.05, 0) is 55.9 Å². The van der Waals surface area contributed by atoms with Gasteiger partial charge in [-0.15, -0.1) is 0 Å². The molecular formula is C21H14. The molecule has 0 amide bonds. The third kappa shape index (κ3) is 1.30. The Morgan fingerprint density at radius 3 is 2.10 bits per heavy atom. The molecule has 0 saturated carbocycles. The lowest BCUT2D eigenvalue weighted by molar-refractivity contribution is 1.53. The quantitative estimate of drug-likeness (QED) is 0.322. The van der Waals surface area contributed by atoms with Crippen LogP contribution in [0.2, 0.25) is 0 Å². The van der Waals surface area contributed by atoms with Crippen molar-refractivity contribution in [3.8, 4) is 11.1 Å². The van der Waals surface area contributed by atoms with E-state index in [1.165, 1.54) is 49.0 Å². The molecule has 0 atom stereocenters. The fourth-order valence-electron chi connectivity index (χ4n) is 3.83. The van der Waals surface area contributed by atoms with Gasteiger partial charge in [-0.1, -0.05) is 66.7 Å². The SMILES string of the molecule is Cc1ccccc2c3ccc4cccc5ccc(c1-2)c3c45. The Hall–Kier alpha value is -2.60. The first-order chi connectivity index (χ1) is 10.3. The number of hydrogen-bond acceptors (Lipinski definition) is 0. The van der Waals surface area contributed by atoms with Crippen molar-refractivity contribution in [1.29, 1.82) is 0 Å². The maximum atomic E-state index is 2.29. The number of aryl methyl sites for hydroxylation is 1. The average molecular weight is 266 g/mol. The fourth-order valence-corrected chi connectivity index (χ4v) is 3.83. The van der Waals surface area contributed by atoms with Crippen LogP contribution in [0.3, 0.4) is 0 Å². The molecule has 0 heterocycles. The Morgan fingerprint density at radius 1 is 0.571 bits per heavy atom. The first kappa shape index (κ1) is 11.1. The molecule has 0 fully saturated rings. The zero-order valence-corrected chi connectivity index (χ0v) is 11.9. The summed E-state index contributed by atoms with van der Waals surface area (Å²) in [6.07, 6.45) is 0. The van der Waals surface area contributed by atoms with Gasteiger partial charge >= 0.3 is 0 Å². The highest BCUT2D eigenvalue weighted by molar-refractivity contribution is 6.31. The summed E-state index contributed by atoms with van der Waals surface area (Å²) < 4.78 is 0. The van der Waals surface area contributed by atoms with Crippen LogP contribution in [0.5, 0.6) is 0 Å². The fraction of sp³-hybridized carbons (Fsp3) is 0.0476. The molecule has 3 aromatic rings.